The number of ether oxygens (including phenoxy) is 1. The monoisotopic (exact) mass is 514 g/mol. The quantitative estimate of drug-likeness (QED) is 0.443. The van der Waals surface area contributed by atoms with E-state index in [9.17, 15) is 4.79 Å². The molecule has 0 bridgehead atoms. The van der Waals surface area contributed by atoms with E-state index in [1.54, 1.807) is 0 Å². The number of rotatable bonds is 7. The number of hydrogen-bond acceptors (Lipinski definition) is 3. The molecule has 1 unspecified atom stereocenters. The molecule has 3 aliphatic rings. The molecule has 2 saturated heterocycles. The van der Waals surface area contributed by atoms with Crippen molar-refractivity contribution in [1.29, 1.82) is 0 Å². The highest BCUT2D eigenvalue weighted by molar-refractivity contribution is 6.36. The predicted molar refractivity (Wildman–Crippen MR) is 143 cm³/mol. The summed E-state index contributed by atoms with van der Waals surface area (Å²) in [5.41, 5.74) is 2.92. The third-order valence-corrected chi connectivity index (χ3v) is 8.76. The van der Waals surface area contributed by atoms with E-state index in [1.165, 1.54) is 32.1 Å². The van der Waals surface area contributed by atoms with E-state index < -0.39 is 0 Å². The van der Waals surface area contributed by atoms with Crippen LogP contribution in [0, 0.1) is 11.8 Å². The second-order valence-corrected chi connectivity index (χ2v) is 11.3. The van der Waals surface area contributed by atoms with Gasteiger partial charge in [-0.2, -0.15) is 0 Å². The Morgan fingerprint density at radius 3 is 2.26 bits per heavy atom. The second-order valence-electron chi connectivity index (χ2n) is 10.5. The lowest BCUT2D eigenvalue weighted by atomic mass is 9.93. The number of nitrogens with zero attached hydrogens (tertiary/aromatic N) is 1. The maximum Gasteiger partial charge on any atom is 0.226 e. The zero-order valence-electron chi connectivity index (χ0n) is 20.4. The first kappa shape index (κ1) is 24.9. The van der Waals surface area contributed by atoms with Gasteiger partial charge in [-0.15, -0.1) is 0 Å². The number of piperidine rings is 1. The number of hydrogen-bond donors (Lipinski definition) is 1. The third-order valence-electron chi connectivity index (χ3n) is 8.09. The molecule has 6 heteroatoms. The SMILES string of the molecule is O=C1C(Cc2c(Cl)cc(-c3ccc(OCC4CCNCC4)cc3)cc2Cl)CCN1C1CCCCC1. The first-order valence-electron chi connectivity index (χ1n) is 13.3. The van der Waals surface area contributed by atoms with Gasteiger partial charge in [0.1, 0.15) is 5.75 Å². The van der Waals surface area contributed by atoms with Gasteiger partial charge in [0.15, 0.2) is 0 Å². The van der Waals surface area contributed by atoms with Crippen LogP contribution in [-0.2, 0) is 11.2 Å². The van der Waals surface area contributed by atoms with E-state index in [-0.39, 0.29) is 11.8 Å². The number of carbonyl (C=O) groups excluding carboxylic acids is 1. The molecule has 1 saturated carbocycles. The van der Waals surface area contributed by atoms with Gasteiger partial charge in [0.25, 0.3) is 0 Å². The van der Waals surface area contributed by atoms with Gasteiger partial charge in [-0.3, -0.25) is 4.79 Å². The largest absolute Gasteiger partial charge is 0.493 e. The molecule has 188 valence electrons. The van der Waals surface area contributed by atoms with Crippen molar-refractivity contribution < 1.29 is 9.53 Å². The summed E-state index contributed by atoms with van der Waals surface area (Å²) >= 11 is 13.4. The van der Waals surface area contributed by atoms with Crippen molar-refractivity contribution >= 4 is 29.1 Å². The van der Waals surface area contributed by atoms with Gasteiger partial charge >= 0.3 is 0 Å². The topological polar surface area (TPSA) is 41.6 Å². The van der Waals surface area contributed by atoms with Crippen molar-refractivity contribution in [2.75, 3.05) is 26.2 Å². The van der Waals surface area contributed by atoms with E-state index in [4.69, 9.17) is 27.9 Å². The smallest absolute Gasteiger partial charge is 0.226 e. The van der Waals surface area contributed by atoms with Crippen LogP contribution >= 0.6 is 23.2 Å². The van der Waals surface area contributed by atoms with Crippen molar-refractivity contribution in [2.24, 2.45) is 11.8 Å². The van der Waals surface area contributed by atoms with Gasteiger partial charge in [0, 0.05) is 28.5 Å². The fourth-order valence-electron chi connectivity index (χ4n) is 5.92. The van der Waals surface area contributed by atoms with Gasteiger partial charge in [-0.05, 0) is 98.5 Å². The molecule has 2 aromatic carbocycles. The average Bonchev–Trinajstić information content (AvgIpc) is 3.26. The molecule has 2 aliphatic heterocycles. The molecule has 1 amide bonds. The first-order chi connectivity index (χ1) is 17.1. The zero-order valence-corrected chi connectivity index (χ0v) is 21.9. The Morgan fingerprint density at radius 2 is 1.57 bits per heavy atom. The first-order valence-corrected chi connectivity index (χ1v) is 14.1. The summed E-state index contributed by atoms with van der Waals surface area (Å²) in [6.07, 6.45) is 9.93. The fraction of sp³-hybridized carbons (Fsp3) is 0.552. The average molecular weight is 516 g/mol. The van der Waals surface area contributed by atoms with E-state index in [0.717, 1.165) is 67.9 Å². The number of amides is 1. The van der Waals surface area contributed by atoms with Crippen molar-refractivity contribution in [1.82, 2.24) is 10.2 Å². The number of halogens is 2. The van der Waals surface area contributed by atoms with Crippen LogP contribution < -0.4 is 10.1 Å². The Kier molecular flexibility index (Phi) is 8.21. The maximum absolute atomic E-state index is 13.1. The molecule has 0 aromatic heterocycles. The minimum atomic E-state index is -0.0193. The summed E-state index contributed by atoms with van der Waals surface area (Å²) in [5, 5.41) is 4.68. The summed E-state index contributed by atoms with van der Waals surface area (Å²) in [7, 11) is 0. The standard InChI is InChI=1S/C29H36Cl2N2O2/c30-27-17-23(21-6-8-25(9-7-21)35-19-20-10-13-32-14-11-20)18-28(31)26(27)16-22-12-15-33(29(22)34)24-4-2-1-3-5-24/h6-9,17-18,20,22,24,32H,1-5,10-16,19H2. The van der Waals surface area contributed by atoms with Gasteiger partial charge in [0.2, 0.25) is 5.91 Å². The van der Waals surface area contributed by atoms with Crippen LogP contribution in [0.25, 0.3) is 11.1 Å². The fourth-order valence-corrected chi connectivity index (χ4v) is 6.57. The highest BCUT2D eigenvalue weighted by Crippen LogP contribution is 2.37. The number of nitrogens with one attached hydrogen (secondary N) is 1. The third kappa shape index (κ3) is 5.98. The lowest BCUT2D eigenvalue weighted by Crippen LogP contribution is -2.39. The highest BCUT2D eigenvalue weighted by Gasteiger charge is 2.36. The molecule has 3 fully saturated rings. The van der Waals surface area contributed by atoms with Gasteiger partial charge < -0.3 is 15.0 Å². The van der Waals surface area contributed by atoms with Crippen molar-refractivity contribution in [2.45, 2.75) is 63.8 Å². The molecule has 1 N–H and O–H groups in total. The Morgan fingerprint density at radius 1 is 0.886 bits per heavy atom. The molecular weight excluding hydrogens is 479 g/mol. The van der Waals surface area contributed by atoms with Crippen molar-refractivity contribution in [3.8, 4) is 16.9 Å². The molecule has 35 heavy (non-hydrogen) atoms. The maximum atomic E-state index is 13.1. The van der Waals surface area contributed by atoms with Gasteiger partial charge in [0.05, 0.1) is 6.61 Å². The molecule has 4 nitrogen and oxygen atoms in total. The Hall–Kier alpha value is -1.75. The molecule has 5 rings (SSSR count). The van der Waals surface area contributed by atoms with Crippen molar-refractivity contribution in [3.05, 3.63) is 52.0 Å². The van der Waals surface area contributed by atoms with Crippen LogP contribution in [0.15, 0.2) is 36.4 Å². The molecule has 1 atom stereocenters. The van der Waals surface area contributed by atoms with E-state index in [1.807, 2.05) is 24.3 Å². The van der Waals surface area contributed by atoms with E-state index in [2.05, 4.69) is 22.3 Å². The lowest BCUT2D eigenvalue weighted by molar-refractivity contribution is -0.133. The van der Waals surface area contributed by atoms with Crippen LogP contribution in [0.4, 0.5) is 0 Å². The Bertz CT molecular complexity index is 991. The molecule has 0 spiro atoms. The van der Waals surface area contributed by atoms with Crippen LogP contribution in [0.2, 0.25) is 10.0 Å². The Labute approximate surface area is 219 Å². The molecule has 2 heterocycles. The number of benzene rings is 2. The molecular formula is C29H36Cl2N2O2. The lowest BCUT2D eigenvalue weighted by Gasteiger charge is -2.31. The van der Waals surface area contributed by atoms with Crippen LogP contribution in [-0.4, -0.2) is 43.1 Å². The number of carbonyl (C=O) groups is 1. The zero-order chi connectivity index (χ0) is 24.2. The summed E-state index contributed by atoms with van der Waals surface area (Å²) in [6.45, 7) is 3.80. The second kappa shape index (κ2) is 11.5. The summed E-state index contributed by atoms with van der Waals surface area (Å²) in [4.78, 5) is 15.3. The molecule has 2 aromatic rings. The predicted octanol–water partition coefficient (Wildman–Crippen LogP) is 6.76. The number of likely N-dealkylation sites (tertiary alicyclic amines) is 1. The van der Waals surface area contributed by atoms with Gasteiger partial charge in [-0.1, -0.05) is 54.6 Å². The minimum absolute atomic E-state index is 0.0193. The Balaban J connectivity index is 1.22. The molecule has 1 aliphatic carbocycles. The van der Waals surface area contributed by atoms with Crippen molar-refractivity contribution in [3.63, 3.8) is 0 Å². The minimum Gasteiger partial charge on any atom is -0.493 e. The van der Waals surface area contributed by atoms with E-state index in [0.29, 0.717) is 28.4 Å². The van der Waals surface area contributed by atoms with Gasteiger partial charge in [-0.25, -0.2) is 0 Å². The summed E-state index contributed by atoms with van der Waals surface area (Å²) < 4.78 is 6.02. The normalized spacial score (nSPS) is 22.1. The highest BCUT2D eigenvalue weighted by atomic mass is 35.5. The molecule has 0 radical (unpaired) electrons. The summed E-state index contributed by atoms with van der Waals surface area (Å²) in [6, 6.07) is 12.5. The summed E-state index contributed by atoms with van der Waals surface area (Å²) in [5.74, 6) is 1.79. The van der Waals surface area contributed by atoms with Crippen LogP contribution in [0.1, 0.15) is 56.9 Å². The van der Waals surface area contributed by atoms with Crippen LogP contribution in [0.3, 0.4) is 0 Å². The van der Waals surface area contributed by atoms with E-state index >= 15 is 0 Å². The van der Waals surface area contributed by atoms with Crippen LogP contribution in [0.5, 0.6) is 5.75 Å².